The van der Waals surface area contributed by atoms with Crippen LogP contribution < -0.4 is 5.73 Å². The molecule has 4 heteroatoms. The Balaban J connectivity index is 2.11. The Bertz CT molecular complexity index is 324. The lowest BCUT2D eigenvalue weighted by molar-refractivity contribution is -0.141. The predicted octanol–water partition coefficient (Wildman–Crippen LogP) is 1.53. The number of ether oxygens (including phenoxy) is 1. The average molecular weight is 254 g/mol. The average Bonchev–Trinajstić information content (AvgIpc) is 2.69. The van der Waals surface area contributed by atoms with Gasteiger partial charge in [0.1, 0.15) is 0 Å². The molecule has 104 valence electrons. The fourth-order valence-electron chi connectivity index (χ4n) is 3.68. The minimum Gasteiger partial charge on any atom is -0.381 e. The molecule has 0 unspecified atom stereocenters. The topological polar surface area (TPSA) is 55.6 Å². The summed E-state index contributed by atoms with van der Waals surface area (Å²) in [5, 5.41) is 0. The third-order valence-corrected chi connectivity index (χ3v) is 4.56. The van der Waals surface area contributed by atoms with Crippen LogP contribution in [0.4, 0.5) is 0 Å². The number of amides is 1. The molecule has 0 bridgehead atoms. The van der Waals surface area contributed by atoms with E-state index >= 15 is 0 Å². The molecule has 0 radical (unpaired) electrons. The van der Waals surface area contributed by atoms with Crippen molar-refractivity contribution in [2.24, 2.45) is 11.1 Å². The molecule has 0 aromatic heterocycles. The Kier molecular flexibility index (Phi) is 3.70. The normalized spacial score (nSPS) is 33.1. The first kappa shape index (κ1) is 13.8. The largest absolute Gasteiger partial charge is 0.381 e. The minimum absolute atomic E-state index is 0.0725. The maximum absolute atomic E-state index is 12.3. The fourth-order valence-corrected chi connectivity index (χ4v) is 3.68. The minimum atomic E-state index is -0.764. The number of hydrogen-bond donors (Lipinski definition) is 1. The number of carbonyl (C=O) groups excluding carboxylic acids is 1. The SMILES string of the molecule is CO[C@@H]1CCC[C@@]12CCCN(C(=O)C(C)(C)N)C2. The van der Waals surface area contributed by atoms with Gasteiger partial charge in [0.2, 0.25) is 5.91 Å². The molecule has 2 rings (SSSR count). The van der Waals surface area contributed by atoms with Crippen molar-refractivity contribution in [2.75, 3.05) is 20.2 Å². The molecule has 1 saturated carbocycles. The van der Waals surface area contributed by atoms with Crippen LogP contribution in [0, 0.1) is 5.41 Å². The number of nitrogens with zero attached hydrogens (tertiary/aromatic N) is 1. The zero-order valence-electron chi connectivity index (χ0n) is 11.9. The van der Waals surface area contributed by atoms with E-state index in [0.29, 0.717) is 6.10 Å². The van der Waals surface area contributed by atoms with Gasteiger partial charge in [-0.2, -0.15) is 0 Å². The Morgan fingerprint density at radius 3 is 2.67 bits per heavy atom. The van der Waals surface area contributed by atoms with Gasteiger partial charge in [0.15, 0.2) is 0 Å². The number of piperidine rings is 1. The van der Waals surface area contributed by atoms with Gasteiger partial charge in [-0.25, -0.2) is 0 Å². The highest BCUT2D eigenvalue weighted by atomic mass is 16.5. The van der Waals surface area contributed by atoms with Crippen molar-refractivity contribution < 1.29 is 9.53 Å². The van der Waals surface area contributed by atoms with Crippen LogP contribution in [-0.4, -0.2) is 42.6 Å². The smallest absolute Gasteiger partial charge is 0.242 e. The maximum Gasteiger partial charge on any atom is 0.242 e. The summed E-state index contributed by atoms with van der Waals surface area (Å²) in [6.07, 6.45) is 6.09. The number of methoxy groups -OCH3 is 1. The van der Waals surface area contributed by atoms with E-state index in [9.17, 15) is 4.79 Å². The Morgan fingerprint density at radius 2 is 2.06 bits per heavy atom. The monoisotopic (exact) mass is 254 g/mol. The van der Waals surface area contributed by atoms with Gasteiger partial charge in [-0.1, -0.05) is 6.42 Å². The van der Waals surface area contributed by atoms with E-state index in [1.165, 1.54) is 19.3 Å². The molecule has 1 spiro atoms. The van der Waals surface area contributed by atoms with Crippen molar-refractivity contribution >= 4 is 5.91 Å². The maximum atomic E-state index is 12.3. The quantitative estimate of drug-likeness (QED) is 0.813. The van der Waals surface area contributed by atoms with Crippen molar-refractivity contribution in [1.29, 1.82) is 0 Å². The third kappa shape index (κ3) is 2.41. The van der Waals surface area contributed by atoms with Crippen molar-refractivity contribution in [2.45, 2.75) is 57.6 Å². The first-order valence-electron chi connectivity index (χ1n) is 7.00. The summed E-state index contributed by atoms with van der Waals surface area (Å²) >= 11 is 0. The zero-order chi connectivity index (χ0) is 13.4. The van der Waals surface area contributed by atoms with E-state index in [1.54, 1.807) is 21.0 Å². The summed E-state index contributed by atoms with van der Waals surface area (Å²) < 4.78 is 5.65. The summed E-state index contributed by atoms with van der Waals surface area (Å²) in [6, 6.07) is 0. The number of nitrogens with two attached hydrogens (primary N) is 1. The molecule has 4 nitrogen and oxygen atoms in total. The van der Waals surface area contributed by atoms with Gasteiger partial charge < -0.3 is 15.4 Å². The molecule has 1 saturated heterocycles. The summed E-state index contributed by atoms with van der Waals surface area (Å²) in [4.78, 5) is 14.3. The first-order chi connectivity index (χ1) is 8.39. The summed E-state index contributed by atoms with van der Waals surface area (Å²) in [5.74, 6) is 0.0725. The molecule has 1 heterocycles. The molecular weight excluding hydrogens is 228 g/mol. The predicted molar refractivity (Wildman–Crippen MR) is 71.2 cm³/mol. The van der Waals surface area contributed by atoms with E-state index in [1.807, 2.05) is 4.90 Å². The van der Waals surface area contributed by atoms with Crippen molar-refractivity contribution in [3.05, 3.63) is 0 Å². The Morgan fingerprint density at radius 1 is 1.39 bits per heavy atom. The molecular formula is C14H26N2O2. The first-order valence-corrected chi connectivity index (χ1v) is 7.00. The summed E-state index contributed by atoms with van der Waals surface area (Å²) in [5.41, 5.74) is 5.37. The summed E-state index contributed by atoms with van der Waals surface area (Å²) in [7, 11) is 1.80. The molecule has 1 amide bonds. The molecule has 2 fully saturated rings. The van der Waals surface area contributed by atoms with Crippen LogP contribution in [0.5, 0.6) is 0 Å². The summed E-state index contributed by atoms with van der Waals surface area (Å²) in [6.45, 7) is 5.25. The Hall–Kier alpha value is -0.610. The number of carbonyl (C=O) groups is 1. The van der Waals surface area contributed by atoms with Crippen LogP contribution >= 0.6 is 0 Å². The van der Waals surface area contributed by atoms with Gasteiger partial charge in [0.05, 0.1) is 11.6 Å². The van der Waals surface area contributed by atoms with E-state index in [-0.39, 0.29) is 11.3 Å². The lowest BCUT2D eigenvalue weighted by atomic mass is 9.76. The van der Waals surface area contributed by atoms with Crippen LogP contribution in [0.2, 0.25) is 0 Å². The van der Waals surface area contributed by atoms with Gasteiger partial charge >= 0.3 is 0 Å². The van der Waals surface area contributed by atoms with Crippen molar-refractivity contribution in [1.82, 2.24) is 4.90 Å². The van der Waals surface area contributed by atoms with E-state index in [0.717, 1.165) is 25.9 Å². The second-order valence-electron chi connectivity index (χ2n) is 6.53. The van der Waals surface area contributed by atoms with Crippen LogP contribution in [0.25, 0.3) is 0 Å². The standard InChI is InChI=1S/C14H26N2O2/c1-13(2,15)12(17)16-9-5-8-14(10-16)7-4-6-11(14)18-3/h11H,4-10,15H2,1-3H3/t11-,14+/m1/s1. The molecule has 18 heavy (non-hydrogen) atoms. The van der Waals surface area contributed by atoms with Gasteiger partial charge in [-0.3, -0.25) is 4.79 Å². The number of likely N-dealkylation sites (tertiary alicyclic amines) is 1. The zero-order valence-corrected chi connectivity index (χ0v) is 11.9. The van der Waals surface area contributed by atoms with E-state index < -0.39 is 5.54 Å². The third-order valence-electron chi connectivity index (χ3n) is 4.56. The molecule has 2 aliphatic rings. The molecule has 2 atom stereocenters. The van der Waals surface area contributed by atoms with Crippen LogP contribution in [0.15, 0.2) is 0 Å². The highest BCUT2D eigenvalue weighted by molar-refractivity contribution is 5.85. The van der Waals surface area contributed by atoms with Crippen LogP contribution in [-0.2, 0) is 9.53 Å². The van der Waals surface area contributed by atoms with Gasteiger partial charge in [-0.05, 0) is 39.5 Å². The van der Waals surface area contributed by atoms with Gasteiger partial charge in [0.25, 0.3) is 0 Å². The van der Waals surface area contributed by atoms with Gasteiger partial charge in [-0.15, -0.1) is 0 Å². The lowest BCUT2D eigenvalue weighted by Crippen LogP contribution is -2.57. The van der Waals surface area contributed by atoms with E-state index in [4.69, 9.17) is 10.5 Å². The molecule has 0 aromatic rings. The molecule has 2 N–H and O–H groups in total. The Labute approximate surface area is 110 Å². The molecule has 1 aliphatic carbocycles. The highest BCUT2D eigenvalue weighted by Crippen LogP contribution is 2.46. The second-order valence-corrected chi connectivity index (χ2v) is 6.53. The van der Waals surface area contributed by atoms with Crippen LogP contribution in [0.1, 0.15) is 46.0 Å². The molecule has 0 aromatic carbocycles. The van der Waals surface area contributed by atoms with Gasteiger partial charge in [0, 0.05) is 25.6 Å². The highest BCUT2D eigenvalue weighted by Gasteiger charge is 2.47. The van der Waals surface area contributed by atoms with Crippen molar-refractivity contribution in [3.63, 3.8) is 0 Å². The second kappa shape index (κ2) is 4.82. The number of hydrogen-bond acceptors (Lipinski definition) is 3. The van der Waals surface area contributed by atoms with E-state index in [2.05, 4.69) is 0 Å². The fraction of sp³-hybridized carbons (Fsp3) is 0.929. The van der Waals surface area contributed by atoms with Crippen molar-refractivity contribution in [3.8, 4) is 0 Å². The lowest BCUT2D eigenvalue weighted by Gasteiger charge is -2.45. The van der Waals surface area contributed by atoms with Crippen LogP contribution in [0.3, 0.4) is 0 Å². The molecule has 1 aliphatic heterocycles. The number of rotatable bonds is 2.